The Bertz CT molecular complexity index is 1510. The number of thiazole rings is 1. The first kappa shape index (κ1) is 28.6. The molecule has 0 spiro atoms. The van der Waals surface area contributed by atoms with E-state index in [1.807, 2.05) is 42.5 Å². The molecule has 0 bridgehead atoms. The van der Waals surface area contributed by atoms with Crippen molar-refractivity contribution in [3.05, 3.63) is 96.2 Å². The number of aromatic nitrogens is 1. The lowest BCUT2D eigenvalue weighted by molar-refractivity contribution is -0.139. The van der Waals surface area contributed by atoms with E-state index in [0.29, 0.717) is 45.5 Å². The van der Waals surface area contributed by atoms with Gasteiger partial charge in [0.15, 0.2) is 4.80 Å². The summed E-state index contributed by atoms with van der Waals surface area (Å²) in [6, 6.07) is 15.3. The van der Waals surface area contributed by atoms with Crippen molar-refractivity contribution in [3.8, 4) is 5.75 Å². The van der Waals surface area contributed by atoms with E-state index in [0.717, 1.165) is 23.3 Å². The lowest BCUT2D eigenvalue weighted by atomic mass is 9.92. The van der Waals surface area contributed by atoms with Crippen molar-refractivity contribution in [2.45, 2.75) is 66.3 Å². The molecular formula is C32H38N2O4S. The summed E-state index contributed by atoms with van der Waals surface area (Å²) in [6.07, 6.45) is 3.32. The largest absolute Gasteiger partial charge is 0.493 e. The molecule has 1 atom stereocenters. The molecular weight excluding hydrogens is 508 g/mol. The van der Waals surface area contributed by atoms with Crippen LogP contribution in [-0.4, -0.2) is 23.8 Å². The third-order valence-corrected chi connectivity index (χ3v) is 7.56. The van der Waals surface area contributed by atoms with Crippen LogP contribution in [0.5, 0.6) is 5.75 Å². The Balaban J connectivity index is 1.85. The molecule has 1 aliphatic rings. The molecule has 1 aromatic heterocycles. The number of rotatable bonds is 10. The van der Waals surface area contributed by atoms with Gasteiger partial charge in [0.1, 0.15) is 5.75 Å². The second kappa shape index (κ2) is 12.6. The van der Waals surface area contributed by atoms with Crippen LogP contribution in [0.15, 0.2) is 69.6 Å². The first-order valence-corrected chi connectivity index (χ1v) is 14.6. The highest BCUT2D eigenvalue weighted by atomic mass is 32.1. The molecule has 0 N–H and O–H groups in total. The minimum atomic E-state index is -0.600. The Morgan fingerprint density at radius 1 is 1.05 bits per heavy atom. The van der Waals surface area contributed by atoms with Crippen molar-refractivity contribution < 1.29 is 14.3 Å². The van der Waals surface area contributed by atoms with Gasteiger partial charge in [-0.3, -0.25) is 9.36 Å². The van der Waals surface area contributed by atoms with Crippen LogP contribution in [0.1, 0.15) is 83.0 Å². The number of carbonyl (C=O) groups excluding carboxylic acids is 1. The Labute approximate surface area is 234 Å². The molecule has 1 aliphatic heterocycles. The van der Waals surface area contributed by atoms with E-state index in [2.05, 4.69) is 46.8 Å². The molecule has 0 radical (unpaired) electrons. The van der Waals surface area contributed by atoms with Crippen LogP contribution in [0.25, 0.3) is 6.08 Å². The summed E-state index contributed by atoms with van der Waals surface area (Å²) in [7, 11) is 0. The number of nitrogens with zero attached hydrogens (tertiary/aromatic N) is 2. The average molecular weight is 547 g/mol. The van der Waals surface area contributed by atoms with E-state index in [-0.39, 0.29) is 12.2 Å². The maximum atomic E-state index is 13.9. The monoisotopic (exact) mass is 546 g/mol. The molecule has 2 heterocycles. The number of fused-ring (bicyclic) bond motifs is 1. The van der Waals surface area contributed by atoms with E-state index in [1.54, 1.807) is 11.5 Å². The summed E-state index contributed by atoms with van der Waals surface area (Å²) >= 11 is 1.35. The lowest BCUT2D eigenvalue weighted by Gasteiger charge is -2.26. The van der Waals surface area contributed by atoms with Crippen LogP contribution in [0.3, 0.4) is 0 Å². The van der Waals surface area contributed by atoms with E-state index in [4.69, 9.17) is 14.5 Å². The van der Waals surface area contributed by atoms with Gasteiger partial charge in [0.2, 0.25) is 0 Å². The quantitative estimate of drug-likeness (QED) is 0.304. The van der Waals surface area contributed by atoms with Gasteiger partial charge in [0.25, 0.3) is 5.56 Å². The van der Waals surface area contributed by atoms with Gasteiger partial charge in [0.05, 0.1) is 35.1 Å². The Morgan fingerprint density at radius 3 is 2.33 bits per heavy atom. The summed E-state index contributed by atoms with van der Waals surface area (Å²) in [5, 5.41) is 0. The third kappa shape index (κ3) is 6.41. The normalized spacial score (nSPS) is 15.5. The van der Waals surface area contributed by atoms with E-state index >= 15 is 0 Å². The van der Waals surface area contributed by atoms with E-state index < -0.39 is 12.0 Å². The molecule has 39 heavy (non-hydrogen) atoms. The number of hydrogen-bond acceptors (Lipinski definition) is 6. The van der Waals surface area contributed by atoms with Crippen LogP contribution >= 0.6 is 11.3 Å². The first-order valence-electron chi connectivity index (χ1n) is 13.8. The minimum Gasteiger partial charge on any atom is -0.493 e. The highest BCUT2D eigenvalue weighted by Crippen LogP contribution is 2.33. The summed E-state index contributed by atoms with van der Waals surface area (Å²) in [5.74, 6) is 1.20. The van der Waals surface area contributed by atoms with E-state index in [9.17, 15) is 9.59 Å². The molecule has 7 heteroatoms. The Hall–Kier alpha value is -3.45. The zero-order chi connectivity index (χ0) is 28.1. The van der Waals surface area contributed by atoms with Crippen molar-refractivity contribution >= 4 is 23.4 Å². The van der Waals surface area contributed by atoms with Crippen molar-refractivity contribution in [2.75, 3.05) is 13.2 Å². The van der Waals surface area contributed by atoms with Gasteiger partial charge < -0.3 is 9.47 Å². The fourth-order valence-corrected chi connectivity index (χ4v) is 5.59. The van der Waals surface area contributed by atoms with Crippen LogP contribution in [0.4, 0.5) is 0 Å². The van der Waals surface area contributed by atoms with Crippen LogP contribution < -0.4 is 19.6 Å². The molecule has 0 saturated heterocycles. The molecule has 0 fully saturated rings. The van der Waals surface area contributed by atoms with Gasteiger partial charge in [-0.15, -0.1) is 0 Å². The van der Waals surface area contributed by atoms with Gasteiger partial charge in [-0.1, -0.05) is 88.8 Å². The lowest BCUT2D eigenvalue weighted by Crippen LogP contribution is -2.40. The van der Waals surface area contributed by atoms with Crippen LogP contribution in [-0.2, 0) is 9.53 Å². The second-order valence-corrected chi connectivity index (χ2v) is 11.5. The molecule has 3 aromatic rings. The zero-order valence-electron chi connectivity index (χ0n) is 23.7. The number of ether oxygens (including phenoxy) is 2. The summed E-state index contributed by atoms with van der Waals surface area (Å²) < 4.78 is 13.5. The predicted molar refractivity (Wildman–Crippen MR) is 157 cm³/mol. The molecule has 0 amide bonds. The second-order valence-electron chi connectivity index (χ2n) is 10.5. The molecule has 4 rings (SSSR count). The minimum absolute atomic E-state index is 0.172. The van der Waals surface area contributed by atoms with E-state index in [1.165, 1.54) is 16.9 Å². The van der Waals surface area contributed by atoms with Crippen molar-refractivity contribution in [2.24, 2.45) is 10.9 Å². The molecule has 0 unspecified atom stereocenters. The molecule has 0 aliphatic carbocycles. The number of hydrogen-bond donors (Lipinski definition) is 0. The topological polar surface area (TPSA) is 69.9 Å². The highest BCUT2D eigenvalue weighted by Gasteiger charge is 2.34. The maximum Gasteiger partial charge on any atom is 0.338 e. The molecule has 6 nitrogen and oxygen atoms in total. The van der Waals surface area contributed by atoms with Crippen LogP contribution in [0, 0.1) is 5.92 Å². The summed E-state index contributed by atoms with van der Waals surface area (Å²) in [5.41, 5.74) is 3.92. The first-order chi connectivity index (χ1) is 18.7. The summed E-state index contributed by atoms with van der Waals surface area (Å²) in [4.78, 5) is 32.6. The average Bonchev–Trinajstić information content (AvgIpc) is 3.22. The number of benzene rings is 2. The van der Waals surface area contributed by atoms with Crippen molar-refractivity contribution in [1.82, 2.24) is 4.57 Å². The number of carbonyl (C=O) groups is 1. The summed E-state index contributed by atoms with van der Waals surface area (Å²) in [6.45, 7) is 13.3. The van der Waals surface area contributed by atoms with Gasteiger partial charge in [-0.2, -0.15) is 0 Å². The van der Waals surface area contributed by atoms with Crippen molar-refractivity contribution in [1.29, 1.82) is 0 Å². The molecule has 2 aromatic carbocycles. The maximum absolute atomic E-state index is 13.9. The van der Waals surface area contributed by atoms with Gasteiger partial charge in [-0.25, -0.2) is 9.79 Å². The fraction of sp³-hybridized carbons (Fsp3) is 0.406. The highest BCUT2D eigenvalue weighted by molar-refractivity contribution is 7.07. The Kier molecular flexibility index (Phi) is 9.23. The smallest absolute Gasteiger partial charge is 0.338 e. The van der Waals surface area contributed by atoms with Gasteiger partial charge in [-0.05, 0) is 60.1 Å². The zero-order valence-corrected chi connectivity index (χ0v) is 24.5. The molecule has 0 saturated carbocycles. The van der Waals surface area contributed by atoms with Crippen molar-refractivity contribution in [3.63, 3.8) is 0 Å². The Morgan fingerprint density at radius 2 is 1.74 bits per heavy atom. The number of esters is 1. The standard InChI is InChI=1S/C32H38N2O4S/c1-7-9-26-28(31(36)37-8-2)29(24-14-12-23(13-15-24)21(5)6)34-30(35)27(39-32(34)33-26)18-22-10-16-25(17-11-22)38-19-20(3)4/h10-18,20-21,29H,7-9,19H2,1-6H3/b27-18+/t29-/m1/s1. The number of allylic oxidation sites excluding steroid dienone is 1. The van der Waals surface area contributed by atoms with Gasteiger partial charge >= 0.3 is 5.97 Å². The third-order valence-electron chi connectivity index (χ3n) is 6.57. The SMILES string of the molecule is CCCC1=C(C(=O)OCC)[C@@H](c2ccc(C(C)C)cc2)n2c(s/c(=C/c3ccc(OCC(C)C)cc3)c2=O)=N1. The fourth-order valence-electron chi connectivity index (χ4n) is 4.57. The van der Waals surface area contributed by atoms with Gasteiger partial charge in [0, 0.05) is 0 Å². The molecule has 206 valence electrons. The van der Waals surface area contributed by atoms with Crippen LogP contribution in [0.2, 0.25) is 0 Å². The predicted octanol–water partition coefficient (Wildman–Crippen LogP) is 5.74.